The summed E-state index contributed by atoms with van der Waals surface area (Å²) in [7, 11) is 0. The maximum atomic E-state index is 5.07. The van der Waals surface area contributed by atoms with Crippen molar-refractivity contribution in [3.8, 4) is 23.0 Å². The van der Waals surface area contributed by atoms with Gasteiger partial charge in [-0.25, -0.2) is 15.0 Å². The quantitative estimate of drug-likeness (QED) is 0.285. The molecule has 0 N–H and O–H groups in total. The fourth-order valence-electron chi connectivity index (χ4n) is 4.31. The standard InChI is InChI=1S/C27H29N5.2ClH.Co/c1-3-5-18-31-24-16-9-7-12-20(24)29-26(31)22-14-11-15-23(28-22)27-30-21-13-8-10-17-25(21)32(27)19-6-4-2;;;/h7-17H,3-6,18-19H2,1-2H3;2*1H;/q;;;+2/p-2. The first-order valence-electron chi connectivity index (χ1n) is 11.7. The summed E-state index contributed by atoms with van der Waals surface area (Å²) < 4.78 is 4.62. The Labute approximate surface area is 229 Å². The van der Waals surface area contributed by atoms with Gasteiger partial charge in [0.1, 0.15) is 11.4 Å². The third-order valence-electron chi connectivity index (χ3n) is 5.99. The first-order valence-corrected chi connectivity index (χ1v) is 11.7. The first-order chi connectivity index (χ1) is 15.8. The molecule has 0 unspecified atom stereocenters. The number of benzene rings is 2. The van der Waals surface area contributed by atoms with E-state index >= 15 is 0 Å². The van der Waals surface area contributed by atoms with Gasteiger partial charge in [-0.05, 0) is 49.2 Å². The normalized spacial score (nSPS) is 10.6. The van der Waals surface area contributed by atoms with E-state index in [2.05, 4.69) is 77.6 Å². The van der Waals surface area contributed by atoms with Crippen LogP contribution < -0.4 is 24.8 Å². The Morgan fingerprint density at radius 1 is 0.571 bits per heavy atom. The Kier molecular flexibility index (Phi) is 10.8. The van der Waals surface area contributed by atoms with Gasteiger partial charge in [0.25, 0.3) is 0 Å². The van der Waals surface area contributed by atoms with E-state index < -0.39 is 0 Å². The average Bonchev–Trinajstić information content (AvgIpc) is 3.40. The minimum atomic E-state index is 0. The molecule has 185 valence electrons. The number of para-hydroxylation sites is 4. The van der Waals surface area contributed by atoms with E-state index in [1.807, 2.05) is 12.1 Å². The van der Waals surface area contributed by atoms with Crippen molar-refractivity contribution < 1.29 is 41.6 Å². The number of hydrogen-bond acceptors (Lipinski definition) is 3. The molecule has 0 saturated carbocycles. The van der Waals surface area contributed by atoms with Crippen LogP contribution in [0.1, 0.15) is 39.5 Å². The zero-order valence-corrected chi connectivity index (χ0v) is 22.5. The van der Waals surface area contributed by atoms with Gasteiger partial charge in [-0.3, -0.25) is 0 Å². The number of halogens is 2. The van der Waals surface area contributed by atoms with E-state index in [1.165, 1.54) is 11.0 Å². The zero-order valence-electron chi connectivity index (χ0n) is 19.9. The topological polar surface area (TPSA) is 48.5 Å². The van der Waals surface area contributed by atoms with Crippen molar-refractivity contribution >= 4 is 22.1 Å². The number of imidazole rings is 2. The third-order valence-corrected chi connectivity index (χ3v) is 5.99. The van der Waals surface area contributed by atoms with Crippen molar-refractivity contribution in [2.45, 2.75) is 52.6 Å². The van der Waals surface area contributed by atoms with Gasteiger partial charge in [-0.1, -0.05) is 57.0 Å². The summed E-state index contributed by atoms with van der Waals surface area (Å²) in [6.07, 6.45) is 4.50. The molecular weight excluding hydrogens is 524 g/mol. The molecule has 8 heteroatoms. The maximum Gasteiger partial charge on any atom is 2.00 e. The number of unbranched alkanes of at least 4 members (excludes halogenated alkanes) is 2. The smallest absolute Gasteiger partial charge is 1.00 e. The molecule has 5 nitrogen and oxygen atoms in total. The van der Waals surface area contributed by atoms with Crippen LogP contribution in [0.4, 0.5) is 0 Å². The SMILES string of the molecule is CCCCn1c(-c2cccc(-c3nc4ccccc4n3CCCC)n2)nc2ccccc21.[Cl-].[Cl-].[Co+2]. The van der Waals surface area contributed by atoms with Gasteiger partial charge in [0.05, 0.1) is 22.1 Å². The van der Waals surface area contributed by atoms with E-state index in [0.29, 0.717) is 0 Å². The van der Waals surface area contributed by atoms with Crippen LogP contribution in [-0.4, -0.2) is 24.1 Å². The van der Waals surface area contributed by atoms with E-state index in [-0.39, 0.29) is 41.6 Å². The van der Waals surface area contributed by atoms with Crippen molar-refractivity contribution in [1.29, 1.82) is 0 Å². The van der Waals surface area contributed by atoms with Gasteiger partial charge in [0, 0.05) is 13.1 Å². The van der Waals surface area contributed by atoms with Crippen LogP contribution in [0.2, 0.25) is 0 Å². The second-order valence-corrected chi connectivity index (χ2v) is 8.27. The molecule has 0 saturated heterocycles. The van der Waals surface area contributed by atoms with Crippen molar-refractivity contribution in [1.82, 2.24) is 24.1 Å². The van der Waals surface area contributed by atoms with Crippen LogP contribution in [0.15, 0.2) is 66.7 Å². The van der Waals surface area contributed by atoms with E-state index in [1.54, 1.807) is 0 Å². The van der Waals surface area contributed by atoms with Gasteiger partial charge < -0.3 is 33.9 Å². The van der Waals surface area contributed by atoms with Gasteiger partial charge in [0.2, 0.25) is 0 Å². The summed E-state index contributed by atoms with van der Waals surface area (Å²) in [5.74, 6) is 1.86. The zero-order chi connectivity index (χ0) is 21.9. The van der Waals surface area contributed by atoms with Gasteiger partial charge >= 0.3 is 16.8 Å². The van der Waals surface area contributed by atoms with Crippen LogP contribution in [0.5, 0.6) is 0 Å². The average molecular weight is 553 g/mol. The van der Waals surface area contributed by atoms with Crippen LogP contribution in [0.25, 0.3) is 45.1 Å². The molecule has 0 atom stereocenters. The summed E-state index contributed by atoms with van der Waals surface area (Å²) >= 11 is 0. The first kappa shape index (κ1) is 28.9. The third kappa shape index (κ3) is 5.72. The predicted octanol–water partition coefficient (Wildman–Crippen LogP) is 0.721. The van der Waals surface area contributed by atoms with Crippen LogP contribution in [0, 0.1) is 0 Å². The van der Waals surface area contributed by atoms with Crippen molar-refractivity contribution in [3.05, 3.63) is 66.7 Å². The summed E-state index contributed by atoms with van der Waals surface area (Å²) in [6, 6.07) is 22.9. The molecule has 0 spiro atoms. The number of rotatable bonds is 8. The molecule has 0 aliphatic heterocycles. The Morgan fingerprint density at radius 2 is 1.00 bits per heavy atom. The number of aryl methyl sites for hydroxylation is 2. The molecule has 1 radical (unpaired) electrons. The number of fused-ring (bicyclic) bond motifs is 2. The molecule has 5 rings (SSSR count). The Morgan fingerprint density at radius 3 is 1.43 bits per heavy atom. The Balaban J connectivity index is 0.00000144. The molecule has 0 fully saturated rings. The minimum absolute atomic E-state index is 0. The van der Waals surface area contributed by atoms with Crippen LogP contribution in [0.3, 0.4) is 0 Å². The number of nitrogens with zero attached hydrogens (tertiary/aromatic N) is 5. The minimum Gasteiger partial charge on any atom is -1.00 e. The predicted molar refractivity (Wildman–Crippen MR) is 132 cm³/mol. The van der Waals surface area contributed by atoms with E-state index in [0.717, 1.165) is 72.8 Å². The summed E-state index contributed by atoms with van der Waals surface area (Å²) in [4.78, 5) is 15.0. The number of hydrogen-bond donors (Lipinski definition) is 0. The molecule has 5 aromatic rings. The molecule has 35 heavy (non-hydrogen) atoms. The fraction of sp³-hybridized carbons (Fsp3) is 0.296. The van der Waals surface area contributed by atoms with Gasteiger partial charge in [-0.2, -0.15) is 0 Å². The Hall–Kier alpha value is -2.38. The van der Waals surface area contributed by atoms with Gasteiger partial charge in [0.15, 0.2) is 11.6 Å². The molecular formula is C27H29Cl2CoN5. The maximum absolute atomic E-state index is 5.07. The number of aromatic nitrogens is 5. The van der Waals surface area contributed by atoms with E-state index in [9.17, 15) is 0 Å². The van der Waals surface area contributed by atoms with Crippen LogP contribution >= 0.6 is 0 Å². The molecule has 0 aliphatic rings. The number of pyridine rings is 1. The molecule has 2 aromatic carbocycles. The second kappa shape index (κ2) is 13.1. The summed E-state index contributed by atoms with van der Waals surface area (Å²) in [6.45, 7) is 6.32. The molecule has 0 amide bonds. The summed E-state index contributed by atoms with van der Waals surface area (Å²) in [5, 5.41) is 0. The molecule has 3 aromatic heterocycles. The fourth-order valence-corrected chi connectivity index (χ4v) is 4.31. The van der Waals surface area contributed by atoms with Crippen molar-refractivity contribution in [2.75, 3.05) is 0 Å². The monoisotopic (exact) mass is 552 g/mol. The van der Waals surface area contributed by atoms with Crippen molar-refractivity contribution in [3.63, 3.8) is 0 Å². The van der Waals surface area contributed by atoms with Gasteiger partial charge in [-0.15, -0.1) is 0 Å². The summed E-state index contributed by atoms with van der Waals surface area (Å²) in [5.41, 5.74) is 6.14. The molecule has 3 heterocycles. The van der Waals surface area contributed by atoms with Crippen LogP contribution in [-0.2, 0) is 29.9 Å². The van der Waals surface area contributed by atoms with Crippen molar-refractivity contribution in [2.24, 2.45) is 0 Å². The largest absolute Gasteiger partial charge is 2.00 e. The van der Waals surface area contributed by atoms with E-state index in [4.69, 9.17) is 15.0 Å². The Bertz CT molecular complexity index is 1280. The molecule has 0 bridgehead atoms. The second-order valence-electron chi connectivity index (χ2n) is 8.27. The molecule has 0 aliphatic carbocycles.